The molecule has 0 radical (unpaired) electrons. The molecule has 9 aromatic heterocycles. The number of hydrogen-bond donors (Lipinski definition) is 7. The summed E-state index contributed by atoms with van der Waals surface area (Å²) in [5.41, 5.74) is 16.0. The number of sulfonamides is 1. The van der Waals surface area contributed by atoms with E-state index in [1.54, 1.807) is 61.3 Å². The van der Waals surface area contributed by atoms with E-state index in [0.29, 0.717) is 56.5 Å². The predicted octanol–water partition coefficient (Wildman–Crippen LogP) is 15.0. The Balaban J connectivity index is 0.000000113. The Bertz CT molecular complexity index is 6170. The van der Waals surface area contributed by atoms with E-state index in [9.17, 15) is 13.2 Å². The molecule has 0 atom stereocenters. The number of carboxylic acids is 1. The van der Waals surface area contributed by atoms with Crippen LogP contribution in [0.3, 0.4) is 0 Å². The fraction of sp³-hybridized carbons (Fsp3) is 0.139. The van der Waals surface area contributed by atoms with Gasteiger partial charge in [-0.25, -0.2) is 53.1 Å². The van der Waals surface area contributed by atoms with Crippen LogP contribution in [0.15, 0.2) is 237 Å². The summed E-state index contributed by atoms with van der Waals surface area (Å²) in [4.78, 5) is 52.1. The molecule has 2 saturated heterocycles. The molecule has 2 fully saturated rings. The van der Waals surface area contributed by atoms with Gasteiger partial charge in [0.05, 0.1) is 77.8 Å². The van der Waals surface area contributed by atoms with Gasteiger partial charge in [0.2, 0.25) is 16.8 Å². The van der Waals surface area contributed by atoms with E-state index < -0.39 is 16.0 Å². The molecule has 0 unspecified atom stereocenters. The molecular formula is C79H69BrClN21O8S. The summed E-state index contributed by atoms with van der Waals surface area (Å²) in [6.45, 7) is 8.92. The van der Waals surface area contributed by atoms with Crippen molar-refractivity contribution >= 4 is 140 Å². The van der Waals surface area contributed by atoms with Crippen molar-refractivity contribution in [2.24, 2.45) is 0 Å². The first-order valence-corrected chi connectivity index (χ1v) is 38.1. The third kappa shape index (κ3) is 16.8. The minimum atomic E-state index is -3.39. The SMILES string of the molecule is Brc1cn2ccnc2c(Nc2ccc(N3CCOCC3)cc2)n1.Cc1ccc(Nc2nc(-c3ccccc3Cl)cn3ccnc23)cc1NS(C)(=O)=O.O=C(O)c1ccc(-c2cn3ccnc3c(Nc3ccc4cn[nH]c4c3)n2)cc1.c1cn2cc(-c3ccc4c(c3)OCO4)nc(Nc3ccc(N4CCOCC4)cc3)c2n1. The van der Waals surface area contributed by atoms with Crippen molar-refractivity contribution in [3.8, 4) is 45.3 Å². The van der Waals surface area contributed by atoms with Crippen molar-refractivity contribution in [3.05, 3.63) is 253 Å². The van der Waals surface area contributed by atoms with E-state index in [0.717, 1.165) is 148 Å². The number of ether oxygens (including phenoxy) is 4. The molecular weight excluding hydrogens is 1520 g/mol. The number of carboxylic acid groups (broad SMARTS) is 1. The number of benzene rings is 7. The standard InChI is InChI=1S/C23H21N5O3.C20H18ClN5O2S.C20H14N6O2.C16H16BrN5O/c1-6-20-21(31-15-30-20)13-16(1)19-14-28-8-7-24-23(28)22(26-19)25-17-2-4-18(5-3-17)27-9-11-29-12-10-27;1-13-7-8-14(11-17(13)25-29(2,27)28)23-19-20-22-9-10-26(20)12-18(24-19)15-5-3-4-6-16(15)21;27-20(28)13-3-1-12(2-4-13)17-11-26-8-7-21-19(26)18(24-17)23-15-6-5-14-10-22-25-16(14)9-15;17-14-11-22-6-5-18-16(22)15(20-14)19-12-1-3-13(4-2-12)21-7-9-23-10-8-21/h1-8,13-14H,9-12,15H2,(H,25,26);3-12,25H,1-2H3,(H,23,24);1-11H,(H,22,25)(H,23,24)(H,27,28);1-6,11H,7-10H2,(H,19,20). The van der Waals surface area contributed by atoms with Gasteiger partial charge in [0, 0.05) is 157 Å². The largest absolute Gasteiger partial charge is 0.478 e. The molecule has 7 aromatic carbocycles. The number of anilines is 11. The zero-order valence-corrected chi connectivity index (χ0v) is 62.6. The van der Waals surface area contributed by atoms with Gasteiger partial charge in [-0.1, -0.05) is 48.0 Å². The maximum Gasteiger partial charge on any atom is 0.335 e. The Morgan fingerprint density at radius 2 is 1.01 bits per heavy atom. The van der Waals surface area contributed by atoms with Crippen LogP contribution in [0.25, 0.3) is 67.3 Å². The Morgan fingerprint density at radius 3 is 1.57 bits per heavy atom. The Kier molecular flexibility index (Phi) is 20.7. The summed E-state index contributed by atoms with van der Waals surface area (Å²) in [5.74, 6) is 3.08. The topological polar surface area (TPSA) is 324 Å². The van der Waals surface area contributed by atoms with Crippen LogP contribution in [0.1, 0.15) is 15.9 Å². The number of nitrogens with one attached hydrogen (secondary N) is 6. The smallest absolute Gasteiger partial charge is 0.335 e. The third-order valence-corrected chi connectivity index (χ3v) is 19.5. The number of halogens is 2. The molecule has 16 aromatic rings. The van der Waals surface area contributed by atoms with Crippen molar-refractivity contribution < 1.29 is 37.3 Å². The molecule has 32 heteroatoms. The number of rotatable bonds is 16. The van der Waals surface area contributed by atoms with Crippen LogP contribution < -0.4 is 45.3 Å². The Morgan fingerprint density at radius 1 is 0.532 bits per heavy atom. The molecule has 0 bridgehead atoms. The molecule has 7 N–H and O–H groups in total. The number of aromatic nitrogens is 14. The van der Waals surface area contributed by atoms with Crippen LogP contribution in [0.5, 0.6) is 11.5 Å². The average Bonchev–Trinajstić information content (AvgIpc) is 1.74. The second-order valence-electron chi connectivity index (χ2n) is 25.8. The van der Waals surface area contributed by atoms with Crippen molar-refractivity contribution in [2.75, 3.05) is 101 Å². The highest BCUT2D eigenvalue weighted by molar-refractivity contribution is 9.10. The first-order chi connectivity index (χ1) is 54.1. The molecule has 0 spiro atoms. The van der Waals surface area contributed by atoms with Gasteiger partial charge >= 0.3 is 5.97 Å². The van der Waals surface area contributed by atoms with Crippen LogP contribution >= 0.6 is 27.5 Å². The monoisotopic (exact) mass is 1590 g/mol. The maximum absolute atomic E-state index is 11.6. The number of aryl methyl sites for hydroxylation is 1. The summed E-state index contributed by atoms with van der Waals surface area (Å²) < 4.78 is 56.0. The van der Waals surface area contributed by atoms with E-state index in [-0.39, 0.29) is 12.4 Å². The molecule has 19 rings (SSSR count). The van der Waals surface area contributed by atoms with Gasteiger partial charge in [0.25, 0.3) is 0 Å². The van der Waals surface area contributed by atoms with Crippen LogP contribution in [0.4, 0.5) is 63.1 Å². The van der Waals surface area contributed by atoms with Crippen molar-refractivity contribution in [1.82, 2.24) is 67.7 Å². The zero-order chi connectivity index (χ0) is 76.0. The lowest BCUT2D eigenvalue weighted by Gasteiger charge is -2.28. The maximum atomic E-state index is 11.6. The second-order valence-corrected chi connectivity index (χ2v) is 28.7. The van der Waals surface area contributed by atoms with Crippen LogP contribution in [0, 0.1) is 6.92 Å². The van der Waals surface area contributed by atoms with E-state index in [4.69, 9.17) is 50.6 Å². The molecule has 29 nitrogen and oxygen atoms in total. The fourth-order valence-corrected chi connectivity index (χ4v) is 13.9. The van der Waals surface area contributed by atoms with Gasteiger partial charge in [0.1, 0.15) is 4.60 Å². The highest BCUT2D eigenvalue weighted by Gasteiger charge is 2.20. The van der Waals surface area contributed by atoms with E-state index in [1.807, 2.05) is 147 Å². The van der Waals surface area contributed by atoms with E-state index in [2.05, 4.69) is 135 Å². The number of imidazole rings is 4. The molecule has 0 aliphatic carbocycles. The van der Waals surface area contributed by atoms with E-state index >= 15 is 0 Å². The van der Waals surface area contributed by atoms with Crippen molar-refractivity contribution in [1.29, 1.82) is 0 Å². The lowest BCUT2D eigenvalue weighted by atomic mass is 10.1. The van der Waals surface area contributed by atoms with Gasteiger partial charge < -0.3 is 72.7 Å². The van der Waals surface area contributed by atoms with Gasteiger partial charge in [-0.15, -0.1) is 0 Å². The lowest BCUT2D eigenvalue weighted by molar-refractivity contribution is 0.0696. The number of fused-ring (bicyclic) bond motifs is 6. The van der Waals surface area contributed by atoms with Crippen molar-refractivity contribution in [2.45, 2.75) is 6.92 Å². The first kappa shape index (κ1) is 72.0. The second kappa shape index (κ2) is 31.9. The molecule has 0 saturated carbocycles. The lowest BCUT2D eigenvalue weighted by Crippen LogP contribution is -2.36. The number of aromatic carboxylic acids is 1. The van der Waals surface area contributed by atoms with E-state index in [1.165, 1.54) is 11.4 Å². The predicted molar refractivity (Wildman–Crippen MR) is 432 cm³/mol. The highest BCUT2D eigenvalue weighted by atomic mass is 79.9. The first-order valence-electron chi connectivity index (χ1n) is 35.0. The van der Waals surface area contributed by atoms with Crippen LogP contribution in [-0.4, -0.2) is 153 Å². The summed E-state index contributed by atoms with van der Waals surface area (Å²) in [6, 6.07) is 48.0. The Hall–Kier alpha value is -13.2. The minimum absolute atomic E-state index is 0.235. The molecule has 558 valence electrons. The van der Waals surface area contributed by atoms with Crippen molar-refractivity contribution in [3.63, 3.8) is 0 Å². The highest BCUT2D eigenvalue weighted by Crippen LogP contribution is 2.38. The fourth-order valence-electron chi connectivity index (χ4n) is 12.7. The normalized spacial score (nSPS) is 13.3. The quantitative estimate of drug-likeness (QED) is 0.0472. The van der Waals surface area contributed by atoms with Gasteiger partial charge in [-0.2, -0.15) is 5.10 Å². The van der Waals surface area contributed by atoms with Gasteiger partial charge in [-0.3, -0.25) is 9.82 Å². The molecule has 3 aliphatic rings. The molecule has 3 aliphatic heterocycles. The van der Waals surface area contributed by atoms with Crippen LogP contribution in [-0.2, 0) is 19.5 Å². The zero-order valence-electron chi connectivity index (χ0n) is 59.5. The molecule has 0 amide bonds. The summed E-state index contributed by atoms with van der Waals surface area (Å²) in [6.07, 6.45) is 24.9. The summed E-state index contributed by atoms with van der Waals surface area (Å²) in [5, 5.41) is 31.0. The minimum Gasteiger partial charge on any atom is -0.478 e. The average molecular weight is 1590 g/mol. The molecule has 12 heterocycles. The number of H-pyrrole nitrogens is 1. The van der Waals surface area contributed by atoms with Gasteiger partial charge in [-0.05, 0) is 144 Å². The summed E-state index contributed by atoms with van der Waals surface area (Å²) in [7, 11) is -3.39. The Labute approximate surface area is 647 Å². The summed E-state index contributed by atoms with van der Waals surface area (Å²) >= 11 is 9.77. The molecule has 111 heavy (non-hydrogen) atoms. The number of nitrogens with zero attached hydrogens (tertiary/aromatic N) is 15. The number of morpholine rings is 2. The van der Waals surface area contributed by atoms with Gasteiger partial charge in [0.15, 0.2) is 57.4 Å². The third-order valence-electron chi connectivity index (χ3n) is 18.2. The number of carbonyl (C=O) groups is 1. The number of hydrogen-bond acceptors (Lipinski definition) is 22. The number of aromatic amines is 1. The van der Waals surface area contributed by atoms with Crippen LogP contribution in [0.2, 0.25) is 5.02 Å².